The van der Waals surface area contributed by atoms with Gasteiger partial charge in [-0.2, -0.15) is 4.67 Å². The predicted octanol–water partition coefficient (Wildman–Crippen LogP) is 1.20. The lowest BCUT2D eigenvalue weighted by atomic mass is 9.99. The molecule has 0 atom stereocenters. The molecule has 0 unspecified atom stereocenters. The highest BCUT2D eigenvalue weighted by Gasteiger charge is 2.46. The Hall–Kier alpha value is -0.770. The van der Waals surface area contributed by atoms with Gasteiger partial charge >= 0.3 is 7.75 Å². The van der Waals surface area contributed by atoms with E-state index in [4.69, 9.17) is 12.8 Å². The van der Waals surface area contributed by atoms with Gasteiger partial charge in [0.1, 0.15) is 0 Å². The van der Waals surface area contributed by atoms with Crippen molar-refractivity contribution in [2.45, 2.75) is 38.8 Å². The average molecular weight is 229 g/mol. The normalized spacial score (nSPS) is 13.4. The maximum atomic E-state index is 11.4. The first kappa shape index (κ1) is 14.2. The zero-order valence-electron chi connectivity index (χ0n) is 9.35. The van der Waals surface area contributed by atoms with Crippen molar-refractivity contribution >= 4 is 7.75 Å². The Kier molecular flexibility index (Phi) is 3.80. The standard InChI is InChI=1S/C10H16NO3P/c1-7-9(3,4)11(15(12,13)14)10(5,6)8-2/h1-2H,3-6H3,(H2,12,13,14). The van der Waals surface area contributed by atoms with Gasteiger partial charge in [0.2, 0.25) is 0 Å². The SMILES string of the molecule is C#CC(C)(C)N(C(C)(C)C#C)P(=O)(O)O. The third-order valence-electron chi connectivity index (χ3n) is 2.03. The Labute approximate surface area is 90.9 Å². The van der Waals surface area contributed by atoms with Crippen LogP contribution in [-0.4, -0.2) is 25.5 Å². The van der Waals surface area contributed by atoms with Crippen LogP contribution in [0.4, 0.5) is 0 Å². The Morgan fingerprint density at radius 2 is 1.33 bits per heavy atom. The molecule has 0 saturated heterocycles. The highest BCUT2D eigenvalue weighted by atomic mass is 31.2. The van der Waals surface area contributed by atoms with Crippen molar-refractivity contribution in [2.75, 3.05) is 0 Å². The molecule has 0 heterocycles. The summed E-state index contributed by atoms with van der Waals surface area (Å²) in [6.45, 7) is 6.13. The van der Waals surface area contributed by atoms with E-state index in [1.165, 1.54) is 27.7 Å². The average Bonchev–Trinajstić information content (AvgIpc) is 2.00. The number of terminal acetylenes is 2. The first-order chi connectivity index (χ1) is 6.49. The molecule has 0 radical (unpaired) electrons. The van der Waals surface area contributed by atoms with Crippen molar-refractivity contribution in [3.8, 4) is 24.7 Å². The van der Waals surface area contributed by atoms with Crippen LogP contribution in [0.5, 0.6) is 0 Å². The molecule has 0 aromatic carbocycles. The molecule has 5 heteroatoms. The molecule has 2 N–H and O–H groups in total. The van der Waals surface area contributed by atoms with Gasteiger partial charge in [0.25, 0.3) is 0 Å². The van der Waals surface area contributed by atoms with Gasteiger partial charge in [-0.15, -0.1) is 12.8 Å². The minimum atomic E-state index is -4.50. The summed E-state index contributed by atoms with van der Waals surface area (Å²) < 4.78 is 12.2. The van der Waals surface area contributed by atoms with E-state index in [1.807, 2.05) is 0 Å². The molecule has 0 amide bonds. The molecule has 0 aliphatic rings. The second-order valence-electron chi connectivity index (χ2n) is 4.23. The second kappa shape index (κ2) is 4.00. The molecule has 0 rings (SSSR count). The van der Waals surface area contributed by atoms with E-state index >= 15 is 0 Å². The summed E-state index contributed by atoms with van der Waals surface area (Å²) in [6.07, 6.45) is 10.5. The molecule has 84 valence electrons. The Morgan fingerprint density at radius 3 is 1.47 bits per heavy atom. The third-order valence-corrected chi connectivity index (χ3v) is 3.55. The van der Waals surface area contributed by atoms with Gasteiger partial charge in [-0.3, -0.25) is 0 Å². The smallest absolute Gasteiger partial charge is 0.312 e. The molecule has 0 bridgehead atoms. The van der Waals surface area contributed by atoms with Crippen LogP contribution in [0.2, 0.25) is 0 Å². The van der Waals surface area contributed by atoms with Gasteiger partial charge < -0.3 is 9.79 Å². The largest absolute Gasteiger partial charge is 0.405 e. The Balaban J connectivity index is 5.63. The maximum Gasteiger partial charge on any atom is 0.405 e. The summed E-state index contributed by atoms with van der Waals surface area (Å²) in [7, 11) is -4.50. The Morgan fingerprint density at radius 1 is 1.07 bits per heavy atom. The van der Waals surface area contributed by atoms with Crippen LogP contribution in [0.15, 0.2) is 0 Å². The highest BCUT2D eigenvalue weighted by molar-refractivity contribution is 7.49. The molecule has 0 aromatic heterocycles. The van der Waals surface area contributed by atoms with Crippen LogP contribution in [0.1, 0.15) is 27.7 Å². The number of hydrogen-bond donors (Lipinski definition) is 2. The van der Waals surface area contributed by atoms with Crippen molar-refractivity contribution in [3.05, 3.63) is 0 Å². The molecular formula is C10H16NO3P. The van der Waals surface area contributed by atoms with Crippen molar-refractivity contribution in [2.24, 2.45) is 0 Å². The molecule has 0 aromatic rings. The van der Waals surface area contributed by atoms with E-state index < -0.39 is 18.8 Å². The molecule has 0 aliphatic heterocycles. The lowest BCUT2D eigenvalue weighted by Crippen LogP contribution is -2.51. The molecule has 0 fully saturated rings. The summed E-state index contributed by atoms with van der Waals surface area (Å²) in [5, 5.41) is 0. The van der Waals surface area contributed by atoms with E-state index in [2.05, 4.69) is 11.8 Å². The first-order valence-corrected chi connectivity index (χ1v) is 5.87. The van der Waals surface area contributed by atoms with E-state index in [-0.39, 0.29) is 0 Å². The van der Waals surface area contributed by atoms with Crippen LogP contribution in [0, 0.1) is 24.7 Å². The van der Waals surface area contributed by atoms with Crippen molar-refractivity contribution in [1.82, 2.24) is 4.67 Å². The number of hydrogen-bond acceptors (Lipinski definition) is 1. The second-order valence-corrected chi connectivity index (χ2v) is 5.66. The van der Waals surface area contributed by atoms with Crippen molar-refractivity contribution < 1.29 is 14.4 Å². The van der Waals surface area contributed by atoms with E-state index in [1.54, 1.807) is 0 Å². The van der Waals surface area contributed by atoms with Crippen LogP contribution in [0.25, 0.3) is 0 Å². The molecule has 4 nitrogen and oxygen atoms in total. The van der Waals surface area contributed by atoms with Gasteiger partial charge in [-0.25, -0.2) is 4.57 Å². The molecule has 0 spiro atoms. The summed E-state index contributed by atoms with van der Waals surface area (Å²) in [4.78, 5) is 18.5. The van der Waals surface area contributed by atoms with E-state index in [0.717, 1.165) is 4.67 Å². The van der Waals surface area contributed by atoms with Gasteiger partial charge in [-0.05, 0) is 27.7 Å². The number of nitrogens with zero attached hydrogens (tertiary/aromatic N) is 1. The first-order valence-electron chi connectivity index (χ1n) is 4.31. The fourth-order valence-corrected chi connectivity index (χ4v) is 2.89. The molecule has 15 heavy (non-hydrogen) atoms. The lowest BCUT2D eigenvalue weighted by molar-refractivity contribution is 0.142. The summed E-state index contributed by atoms with van der Waals surface area (Å²) in [5.74, 6) is 4.65. The fraction of sp³-hybridized carbons (Fsp3) is 0.600. The van der Waals surface area contributed by atoms with Gasteiger partial charge in [0.05, 0.1) is 11.1 Å². The summed E-state index contributed by atoms with van der Waals surface area (Å²) >= 11 is 0. The Bertz CT molecular complexity index is 341. The van der Waals surface area contributed by atoms with Crippen LogP contribution >= 0.6 is 7.75 Å². The van der Waals surface area contributed by atoms with E-state index in [0.29, 0.717) is 0 Å². The van der Waals surface area contributed by atoms with Gasteiger partial charge in [0.15, 0.2) is 0 Å². The van der Waals surface area contributed by atoms with E-state index in [9.17, 15) is 14.4 Å². The lowest BCUT2D eigenvalue weighted by Gasteiger charge is -2.42. The quantitative estimate of drug-likeness (QED) is 0.564. The van der Waals surface area contributed by atoms with Crippen LogP contribution in [0.3, 0.4) is 0 Å². The minimum Gasteiger partial charge on any atom is -0.312 e. The highest BCUT2D eigenvalue weighted by Crippen LogP contribution is 2.50. The zero-order valence-corrected chi connectivity index (χ0v) is 10.2. The summed E-state index contributed by atoms with van der Waals surface area (Å²) in [6, 6.07) is 0. The fourth-order valence-electron chi connectivity index (χ4n) is 1.47. The molecule has 0 aliphatic carbocycles. The van der Waals surface area contributed by atoms with Crippen LogP contribution in [-0.2, 0) is 4.57 Å². The molecular weight excluding hydrogens is 213 g/mol. The van der Waals surface area contributed by atoms with Crippen LogP contribution < -0.4 is 0 Å². The predicted molar refractivity (Wildman–Crippen MR) is 59.7 cm³/mol. The summed E-state index contributed by atoms with van der Waals surface area (Å²) in [5.41, 5.74) is -2.23. The number of rotatable bonds is 3. The maximum absolute atomic E-state index is 11.4. The van der Waals surface area contributed by atoms with Crippen molar-refractivity contribution in [3.63, 3.8) is 0 Å². The topological polar surface area (TPSA) is 60.8 Å². The zero-order chi connectivity index (χ0) is 12.5. The van der Waals surface area contributed by atoms with Gasteiger partial charge in [-0.1, -0.05) is 11.8 Å². The monoisotopic (exact) mass is 229 g/mol. The third kappa shape index (κ3) is 3.09. The van der Waals surface area contributed by atoms with Gasteiger partial charge in [0, 0.05) is 0 Å². The molecule has 0 saturated carbocycles. The van der Waals surface area contributed by atoms with Crippen molar-refractivity contribution in [1.29, 1.82) is 0 Å². The minimum absolute atomic E-state index is 0.868.